The Morgan fingerprint density at radius 1 is 1.48 bits per heavy atom. The molecule has 1 N–H and O–H groups in total. The molecule has 0 bridgehead atoms. The Balaban J connectivity index is 2.66. The fourth-order valence-electron chi connectivity index (χ4n) is 2.85. The van der Waals surface area contributed by atoms with E-state index in [9.17, 15) is 5.11 Å². The summed E-state index contributed by atoms with van der Waals surface area (Å²) in [5.74, 6) is 0.661. The second-order valence-electron chi connectivity index (χ2n) is 7.48. The predicted octanol–water partition coefficient (Wildman–Crippen LogP) is 6.33. The van der Waals surface area contributed by atoms with Gasteiger partial charge in [-0.25, -0.2) is 0 Å². The van der Waals surface area contributed by atoms with E-state index in [-0.39, 0.29) is 5.60 Å². The number of methoxy groups -OCH3 is 1. The van der Waals surface area contributed by atoms with Crippen LogP contribution in [0.2, 0.25) is 0 Å². The Labute approximate surface area is 169 Å². The van der Waals surface area contributed by atoms with Crippen LogP contribution in [0.3, 0.4) is 0 Å². The Hall–Kier alpha value is -1.71. The fraction of sp³-hybridized carbons (Fsp3) is 0.478. The highest BCUT2D eigenvalue weighted by atomic mass is 35.5. The standard InChI is InChI=1S/C23H33ClO3/c1-7-22(4,25)14-8-10-18(2)11-9-15-23(5)16-12-20(13-17-26-6)21(27-23)19(3)24/h7-8,11,13-14,17,25H,1,3,9-10,12,15-16H2,2,4-6H3. The van der Waals surface area contributed by atoms with Gasteiger partial charge in [0, 0.05) is 0 Å². The molecule has 2 atom stereocenters. The van der Waals surface area contributed by atoms with Crippen molar-refractivity contribution in [1.29, 1.82) is 0 Å². The van der Waals surface area contributed by atoms with Crippen LogP contribution >= 0.6 is 11.6 Å². The third-order valence-corrected chi connectivity index (χ3v) is 4.86. The summed E-state index contributed by atoms with van der Waals surface area (Å²) < 4.78 is 11.2. The minimum Gasteiger partial charge on any atom is -0.504 e. The molecule has 0 fully saturated rings. The van der Waals surface area contributed by atoms with Crippen molar-refractivity contribution < 1.29 is 14.6 Å². The van der Waals surface area contributed by atoms with Gasteiger partial charge >= 0.3 is 0 Å². The molecule has 1 aliphatic heterocycles. The summed E-state index contributed by atoms with van der Waals surface area (Å²) in [4.78, 5) is 0. The Morgan fingerprint density at radius 2 is 2.19 bits per heavy atom. The fourth-order valence-corrected chi connectivity index (χ4v) is 3.01. The van der Waals surface area contributed by atoms with Crippen molar-refractivity contribution >= 4 is 11.6 Å². The highest BCUT2D eigenvalue weighted by molar-refractivity contribution is 6.31. The Kier molecular flexibility index (Phi) is 9.14. The Morgan fingerprint density at radius 3 is 2.78 bits per heavy atom. The summed E-state index contributed by atoms with van der Waals surface area (Å²) in [7, 11) is 1.61. The maximum atomic E-state index is 9.89. The van der Waals surface area contributed by atoms with Gasteiger partial charge in [0.2, 0.25) is 0 Å². The SMILES string of the molecule is C=CC(C)(O)C=CCC(C)=CCCC1(C)CCC(C=COC)=C(C(=C)Cl)O1. The predicted molar refractivity (Wildman–Crippen MR) is 114 cm³/mol. The largest absolute Gasteiger partial charge is 0.504 e. The van der Waals surface area contributed by atoms with E-state index in [0.29, 0.717) is 10.8 Å². The zero-order chi connectivity index (χ0) is 20.5. The van der Waals surface area contributed by atoms with E-state index >= 15 is 0 Å². The summed E-state index contributed by atoms with van der Waals surface area (Å²) in [6.07, 6.45) is 15.4. The number of ether oxygens (including phenoxy) is 2. The maximum Gasteiger partial charge on any atom is 0.141 e. The number of rotatable bonds is 10. The van der Waals surface area contributed by atoms with Crippen molar-refractivity contribution in [2.24, 2.45) is 0 Å². The number of hydrogen-bond acceptors (Lipinski definition) is 3. The zero-order valence-corrected chi connectivity index (χ0v) is 17.8. The molecule has 0 saturated heterocycles. The van der Waals surface area contributed by atoms with Gasteiger partial charge in [-0.05, 0) is 64.5 Å². The molecule has 0 aliphatic carbocycles. The number of allylic oxidation sites excluding steroid dienone is 6. The van der Waals surface area contributed by atoms with Gasteiger partial charge in [0.25, 0.3) is 0 Å². The van der Waals surface area contributed by atoms with Gasteiger partial charge in [-0.3, -0.25) is 0 Å². The summed E-state index contributed by atoms with van der Waals surface area (Å²) in [5.41, 5.74) is 1.05. The molecule has 1 rings (SSSR count). The van der Waals surface area contributed by atoms with Crippen LogP contribution in [-0.2, 0) is 9.47 Å². The van der Waals surface area contributed by atoms with Gasteiger partial charge in [0.15, 0.2) is 0 Å². The van der Waals surface area contributed by atoms with E-state index in [1.54, 1.807) is 26.4 Å². The minimum absolute atomic E-state index is 0.267. The van der Waals surface area contributed by atoms with E-state index < -0.39 is 5.60 Å². The molecular formula is C23H33ClO3. The average molecular weight is 393 g/mol. The van der Waals surface area contributed by atoms with Crippen LogP contribution in [0.4, 0.5) is 0 Å². The lowest BCUT2D eigenvalue weighted by atomic mass is 9.88. The lowest BCUT2D eigenvalue weighted by molar-refractivity contribution is -0.00299. The molecule has 150 valence electrons. The Bertz CT molecular complexity index is 653. The first-order chi connectivity index (χ1) is 12.6. The lowest BCUT2D eigenvalue weighted by Gasteiger charge is -2.36. The topological polar surface area (TPSA) is 38.7 Å². The molecule has 4 heteroatoms. The number of halogens is 1. The maximum absolute atomic E-state index is 9.89. The first-order valence-electron chi connectivity index (χ1n) is 9.28. The van der Waals surface area contributed by atoms with E-state index in [2.05, 4.69) is 33.1 Å². The van der Waals surface area contributed by atoms with Crippen LogP contribution in [0.1, 0.15) is 52.9 Å². The van der Waals surface area contributed by atoms with Gasteiger partial charge in [0.05, 0.1) is 24.0 Å². The molecule has 0 aromatic carbocycles. The van der Waals surface area contributed by atoms with Gasteiger partial charge in [-0.15, -0.1) is 0 Å². The average Bonchev–Trinajstić information content (AvgIpc) is 2.60. The molecule has 2 unspecified atom stereocenters. The smallest absolute Gasteiger partial charge is 0.141 e. The highest BCUT2D eigenvalue weighted by Crippen LogP contribution is 2.38. The molecule has 1 aliphatic rings. The van der Waals surface area contributed by atoms with Crippen molar-refractivity contribution in [1.82, 2.24) is 0 Å². The van der Waals surface area contributed by atoms with Crippen molar-refractivity contribution in [3.63, 3.8) is 0 Å². The van der Waals surface area contributed by atoms with Crippen molar-refractivity contribution in [3.8, 4) is 0 Å². The first-order valence-corrected chi connectivity index (χ1v) is 9.66. The summed E-state index contributed by atoms with van der Waals surface area (Å²) >= 11 is 6.15. The third kappa shape index (κ3) is 8.23. The van der Waals surface area contributed by atoms with Crippen molar-refractivity contribution in [2.75, 3.05) is 7.11 Å². The molecule has 0 aromatic rings. The second kappa shape index (κ2) is 10.6. The lowest BCUT2D eigenvalue weighted by Crippen LogP contribution is -2.32. The van der Waals surface area contributed by atoms with E-state index in [4.69, 9.17) is 21.1 Å². The first kappa shape index (κ1) is 23.3. The molecule has 3 nitrogen and oxygen atoms in total. The van der Waals surface area contributed by atoms with E-state index in [1.165, 1.54) is 11.6 Å². The minimum atomic E-state index is -0.953. The van der Waals surface area contributed by atoms with Gasteiger partial charge < -0.3 is 14.6 Å². The molecule has 1 heterocycles. The van der Waals surface area contributed by atoms with Crippen LogP contribution in [0.25, 0.3) is 0 Å². The molecular weight excluding hydrogens is 360 g/mol. The van der Waals surface area contributed by atoms with Gasteiger partial charge in [-0.1, -0.05) is 54.6 Å². The normalized spacial score (nSPS) is 23.4. The van der Waals surface area contributed by atoms with Crippen LogP contribution in [0.15, 0.2) is 71.7 Å². The molecule has 0 amide bonds. The molecule has 0 aromatic heterocycles. The highest BCUT2D eigenvalue weighted by Gasteiger charge is 2.32. The van der Waals surface area contributed by atoms with E-state index in [0.717, 1.165) is 37.7 Å². The zero-order valence-electron chi connectivity index (χ0n) is 17.1. The van der Waals surface area contributed by atoms with Crippen LogP contribution < -0.4 is 0 Å². The molecule has 0 saturated carbocycles. The summed E-state index contributed by atoms with van der Waals surface area (Å²) in [5, 5.41) is 10.3. The van der Waals surface area contributed by atoms with Crippen LogP contribution in [0, 0.1) is 0 Å². The van der Waals surface area contributed by atoms with Gasteiger partial charge in [0.1, 0.15) is 11.4 Å². The molecule has 0 radical (unpaired) electrons. The summed E-state index contributed by atoms with van der Waals surface area (Å²) in [6, 6.07) is 0. The number of aliphatic hydroxyl groups is 1. The van der Waals surface area contributed by atoms with Gasteiger partial charge in [-0.2, -0.15) is 0 Å². The van der Waals surface area contributed by atoms with Crippen molar-refractivity contribution in [3.05, 3.63) is 71.7 Å². The second-order valence-corrected chi connectivity index (χ2v) is 7.93. The van der Waals surface area contributed by atoms with E-state index in [1.807, 2.05) is 12.2 Å². The quantitative estimate of drug-likeness (QED) is 0.348. The van der Waals surface area contributed by atoms with Crippen LogP contribution in [-0.4, -0.2) is 23.4 Å². The number of hydrogen-bond donors (Lipinski definition) is 1. The molecule has 27 heavy (non-hydrogen) atoms. The summed E-state index contributed by atoms with van der Waals surface area (Å²) in [6.45, 7) is 13.4. The van der Waals surface area contributed by atoms with Crippen molar-refractivity contribution in [2.45, 2.75) is 64.1 Å². The monoisotopic (exact) mass is 392 g/mol. The molecule has 0 spiro atoms. The van der Waals surface area contributed by atoms with Crippen LogP contribution in [0.5, 0.6) is 0 Å². The third-order valence-electron chi connectivity index (χ3n) is 4.69.